The van der Waals surface area contributed by atoms with Gasteiger partial charge in [-0.05, 0) is 0 Å². The number of allylic oxidation sites excluding steroid dienone is 8. The summed E-state index contributed by atoms with van der Waals surface area (Å²) in [6, 6.07) is 0. The van der Waals surface area contributed by atoms with Crippen LogP contribution in [-0.2, 0) is 23.2 Å². The van der Waals surface area contributed by atoms with Crippen LogP contribution in [0, 0.1) is 0 Å². The van der Waals surface area contributed by atoms with Gasteiger partial charge >= 0.3 is 130 Å². The molecule has 0 heterocycles. The van der Waals surface area contributed by atoms with Gasteiger partial charge in [-0.25, -0.2) is 0 Å². The van der Waals surface area contributed by atoms with Crippen molar-refractivity contribution in [3.8, 4) is 0 Å². The van der Waals surface area contributed by atoms with Crippen LogP contribution >= 0.6 is 0 Å². The van der Waals surface area contributed by atoms with Crippen LogP contribution in [0.2, 0.25) is 0 Å². The van der Waals surface area contributed by atoms with Crippen LogP contribution in [0.4, 0.5) is 0 Å². The summed E-state index contributed by atoms with van der Waals surface area (Å²) in [5.74, 6) is 0. The molecule has 0 aliphatic heterocycles. The molecule has 0 unspecified atom stereocenters. The van der Waals surface area contributed by atoms with Gasteiger partial charge in [0.2, 0.25) is 0 Å². The molecule has 2 aliphatic rings. The first-order valence-corrected chi connectivity index (χ1v) is 10.2. The van der Waals surface area contributed by atoms with Crippen molar-refractivity contribution in [3.05, 3.63) is 41.0 Å². The van der Waals surface area contributed by atoms with Crippen LogP contribution in [0.15, 0.2) is 41.0 Å². The van der Waals surface area contributed by atoms with Gasteiger partial charge in [-0.15, -0.1) is 0 Å². The van der Waals surface area contributed by atoms with Crippen molar-refractivity contribution < 1.29 is 23.2 Å². The Morgan fingerprint density at radius 2 is 1.26 bits per heavy atom. The van der Waals surface area contributed by atoms with Crippen molar-refractivity contribution in [2.24, 2.45) is 0 Å². The molecule has 0 atom stereocenters. The maximum absolute atomic E-state index is 2.47. The van der Waals surface area contributed by atoms with E-state index in [9.17, 15) is 0 Å². The summed E-state index contributed by atoms with van der Waals surface area (Å²) in [5.41, 5.74) is 6.64. The van der Waals surface area contributed by atoms with Crippen molar-refractivity contribution in [3.63, 3.8) is 0 Å². The summed E-state index contributed by atoms with van der Waals surface area (Å²) in [6.45, 7) is 9.25. The standard InChI is InChI=1S/2C9H13.Zr/c2*1-3-5-9-7-4-6-8(9)2;/h2*6H,3-5H2,1-2H3;. The predicted molar refractivity (Wildman–Crippen MR) is 80.6 cm³/mol. The Balaban J connectivity index is 2.17. The van der Waals surface area contributed by atoms with Crippen molar-refractivity contribution in [2.75, 3.05) is 0 Å². The summed E-state index contributed by atoms with van der Waals surface area (Å²) >= 11 is -0.495. The van der Waals surface area contributed by atoms with Crippen molar-refractivity contribution in [1.29, 1.82) is 0 Å². The van der Waals surface area contributed by atoms with Gasteiger partial charge in [-0.3, -0.25) is 0 Å². The fourth-order valence-electron chi connectivity index (χ4n) is 3.11. The fourth-order valence-corrected chi connectivity index (χ4v) is 7.33. The second-order valence-electron chi connectivity index (χ2n) is 5.72. The third kappa shape index (κ3) is 3.49. The van der Waals surface area contributed by atoms with Gasteiger partial charge in [0.15, 0.2) is 0 Å². The van der Waals surface area contributed by atoms with Gasteiger partial charge in [-0.2, -0.15) is 0 Å². The molecule has 0 saturated heterocycles. The summed E-state index contributed by atoms with van der Waals surface area (Å²) in [7, 11) is 0. The summed E-state index contributed by atoms with van der Waals surface area (Å²) < 4.78 is 3.74. The first-order valence-electron chi connectivity index (χ1n) is 7.72. The zero-order valence-electron chi connectivity index (χ0n) is 12.9. The molecule has 0 N–H and O–H groups in total. The first-order chi connectivity index (χ1) is 9.17. The van der Waals surface area contributed by atoms with Crippen molar-refractivity contribution in [1.82, 2.24) is 0 Å². The van der Waals surface area contributed by atoms with Gasteiger partial charge in [0.05, 0.1) is 0 Å². The summed E-state index contributed by atoms with van der Waals surface area (Å²) in [4.78, 5) is 0. The Labute approximate surface area is 130 Å². The number of rotatable bonds is 6. The molecule has 0 aromatic heterocycles. The Hall–Kier alpha value is -0.157. The van der Waals surface area contributed by atoms with Gasteiger partial charge in [0, 0.05) is 0 Å². The van der Waals surface area contributed by atoms with E-state index in [1.807, 2.05) is 6.56 Å². The fraction of sp³-hybridized carbons (Fsp3) is 0.556. The second-order valence-corrected chi connectivity index (χ2v) is 9.30. The van der Waals surface area contributed by atoms with Crippen LogP contribution < -0.4 is 0 Å². The third-order valence-electron chi connectivity index (χ3n) is 4.21. The topological polar surface area (TPSA) is 0 Å². The Bertz CT molecular complexity index is 428. The average molecular weight is 334 g/mol. The van der Waals surface area contributed by atoms with E-state index in [1.54, 1.807) is 22.3 Å². The van der Waals surface area contributed by atoms with Crippen LogP contribution in [0.3, 0.4) is 0 Å². The quantitative estimate of drug-likeness (QED) is 0.569. The Kier molecular flexibility index (Phi) is 5.63. The van der Waals surface area contributed by atoms with E-state index in [0.717, 1.165) is 0 Å². The third-order valence-corrected chi connectivity index (χ3v) is 8.18. The van der Waals surface area contributed by atoms with Crippen molar-refractivity contribution >= 4 is 0 Å². The molecular weight excluding hydrogens is 307 g/mol. The van der Waals surface area contributed by atoms with E-state index in [-0.39, 0.29) is 0 Å². The molecule has 0 aromatic carbocycles. The molecule has 2 aliphatic carbocycles. The van der Waals surface area contributed by atoms with Gasteiger partial charge in [0.25, 0.3) is 0 Å². The van der Waals surface area contributed by atoms with Crippen LogP contribution in [0.25, 0.3) is 0 Å². The van der Waals surface area contributed by atoms with E-state index < -0.39 is 23.2 Å². The van der Waals surface area contributed by atoms with E-state index in [1.165, 1.54) is 38.5 Å². The Morgan fingerprint density at radius 1 is 0.842 bits per heavy atom. The van der Waals surface area contributed by atoms with E-state index >= 15 is 0 Å². The summed E-state index contributed by atoms with van der Waals surface area (Å²) in [5, 5.41) is 0. The van der Waals surface area contributed by atoms with Crippen LogP contribution in [0.1, 0.15) is 66.2 Å². The van der Waals surface area contributed by atoms with Crippen LogP contribution in [0.5, 0.6) is 0 Å². The average Bonchev–Trinajstić information content (AvgIpc) is 2.90. The van der Waals surface area contributed by atoms with Gasteiger partial charge in [-0.1, -0.05) is 0 Å². The number of hydrogen-bond acceptors (Lipinski definition) is 0. The molecule has 19 heavy (non-hydrogen) atoms. The summed E-state index contributed by atoms with van der Waals surface area (Å²) in [6.07, 6.45) is 12.7. The molecule has 102 valence electrons. The molecule has 2 rings (SSSR count). The van der Waals surface area contributed by atoms with E-state index in [2.05, 4.69) is 39.8 Å². The van der Waals surface area contributed by atoms with E-state index in [0.29, 0.717) is 0 Å². The van der Waals surface area contributed by atoms with Crippen LogP contribution in [-0.4, -0.2) is 0 Å². The molecule has 0 nitrogen and oxygen atoms in total. The van der Waals surface area contributed by atoms with Crippen molar-refractivity contribution in [2.45, 2.75) is 66.2 Å². The molecule has 0 fully saturated rings. The minimum atomic E-state index is -0.495. The molecule has 1 heteroatoms. The molecule has 0 radical (unpaired) electrons. The molecule has 0 aromatic rings. The van der Waals surface area contributed by atoms with Gasteiger partial charge in [0.1, 0.15) is 0 Å². The molecule has 0 bridgehead atoms. The zero-order chi connectivity index (χ0) is 13.8. The normalized spacial score (nSPS) is 19.2. The molecule has 0 amide bonds. The first kappa shape index (κ1) is 15.2. The molecular formula is C18H26Zr. The molecule has 0 spiro atoms. The minimum absolute atomic E-state index is 0.495. The second kappa shape index (κ2) is 7.03. The maximum atomic E-state index is 2.47. The van der Waals surface area contributed by atoms with Gasteiger partial charge < -0.3 is 0 Å². The predicted octanol–water partition coefficient (Wildman–Crippen LogP) is 5.88. The SMILES string of the molecule is CCCC1=[C]([Zr][C]2=C(CCC)C(C)=CC2)CC=C1C. The zero-order valence-corrected chi connectivity index (χ0v) is 15.4. The molecule has 0 saturated carbocycles. The Morgan fingerprint density at radius 3 is 1.63 bits per heavy atom. The number of hydrogen-bond donors (Lipinski definition) is 0. The monoisotopic (exact) mass is 332 g/mol. The van der Waals surface area contributed by atoms with E-state index in [4.69, 9.17) is 0 Å².